The summed E-state index contributed by atoms with van der Waals surface area (Å²) in [6, 6.07) is 5.99. The summed E-state index contributed by atoms with van der Waals surface area (Å²) in [5.74, 6) is -1.42. The third-order valence-corrected chi connectivity index (χ3v) is 6.91. The van der Waals surface area contributed by atoms with Gasteiger partial charge in [-0.3, -0.25) is 4.72 Å². The Morgan fingerprint density at radius 1 is 1.19 bits per heavy atom. The van der Waals surface area contributed by atoms with Gasteiger partial charge >= 0.3 is 0 Å². The van der Waals surface area contributed by atoms with E-state index < -0.39 is 21.7 Å². The lowest BCUT2D eigenvalue weighted by molar-refractivity contribution is 0.509. The molecule has 0 aliphatic carbocycles. The van der Waals surface area contributed by atoms with E-state index in [-0.39, 0.29) is 10.6 Å². The first kappa shape index (κ1) is 19.9. The summed E-state index contributed by atoms with van der Waals surface area (Å²) in [5.41, 5.74) is -0.0479. The summed E-state index contributed by atoms with van der Waals surface area (Å²) in [6.45, 7) is 1.77. The molecule has 1 fully saturated rings. The molecule has 1 unspecified atom stereocenters. The van der Waals surface area contributed by atoms with Crippen LogP contribution in [-0.4, -0.2) is 38.0 Å². The van der Waals surface area contributed by atoms with Crippen LogP contribution in [0.4, 0.5) is 20.3 Å². The number of hydrogen-bond donors (Lipinski definition) is 1. The molecule has 146 valence electrons. The molecule has 2 aromatic rings. The summed E-state index contributed by atoms with van der Waals surface area (Å²) in [7, 11) is -3.94. The van der Waals surface area contributed by atoms with Gasteiger partial charge in [-0.25, -0.2) is 22.2 Å². The second-order valence-corrected chi connectivity index (χ2v) is 9.21. The van der Waals surface area contributed by atoms with Crippen molar-refractivity contribution in [3.8, 4) is 0 Å². The van der Waals surface area contributed by atoms with Gasteiger partial charge in [0.15, 0.2) is 11.6 Å². The number of thioether (sulfide) groups is 1. The third-order valence-electron chi connectivity index (χ3n) is 4.49. The summed E-state index contributed by atoms with van der Waals surface area (Å²) >= 11 is 1.84. The van der Waals surface area contributed by atoms with Crippen molar-refractivity contribution in [3.63, 3.8) is 0 Å². The summed E-state index contributed by atoms with van der Waals surface area (Å²) in [6.07, 6.45) is 6.81. The molecule has 2 heterocycles. The van der Waals surface area contributed by atoms with E-state index in [1.54, 1.807) is 6.07 Å². The number of benzene rings is 1. The van der Waals surface area contributed by atoms with Crippen LogP contribution in [0.1, 0.15) is 19.3 Å². The Labute approximate surface area is 162 Å². The highest BCUT2D eigenvalue weighted by Crippen LogP contribution is 2.25. The first-order valence-electron chi connectivity index (χ1n) is 8.61. The zero-order valence-electron chi connectivity index (χ0n) is 14.9. The zero-order valence-corrected chi connectivity index (χ0v) is 16.5. The molecule has 0 spiro atoms. The van der Waals surface area contributed by atoms with E-state index in [1.807, 2.05) is 11.8 Å². The van der Waals surface area contributed by atoms with E-state index in [2.05, 4.69) is 20.9 Å². The van der Waals surface area contributed by atoms with Crippen LogP contribution >= 0.6 is 11.8 Å². The summed E-state index contributed by atoms with van der Waals surface area (Å²) in [5, 5.41) is 0.535. The molecule has 0 radical (unpaired) electrons. The fraction of sp³-hybridized carbons (Fsp3) is 0.389. The monoisotopic (exact) mass is 413 g/mol. The van der Waals surface area contributed by atoms with Gasteiger partial charge < -0.3 is 4.90 Å². The van der Waals surface area contributed by atoms with Crippen LogP contribution in [-0.2, 0) is 10.0 Å². The molecule has 0 amide bonds. The minimum absolute atomic E-state index is 0.0350. The topological polar surface area (TPSA) is 62.3 Å². The lowest BCUT2D eigenvalue weighted by Crippen LogP contribution is -2.30. The van der Waals surface area contributed by atoms with E-state index in [9.17, 15) is 17.2 Å². The molecule has 1 aliphatic rings. The molecule has 27 heavy (non-hydrogen) atoms. The van der Waals surface area contributed by atoms with Crippen LogP contribution in [0.15, 0.2) is 41.4 Å². The number of halogens is 2. The second kappa shape index (κ2) is 8.43. The SMILES string of the molecule is CSC1CCCCN(c2ccc(S(=O)(=O)Nc3ccc(F)c(F)c3)cn2)C1. The number of nitrogens with zero attached hydrogens (tertiary/aromatic N) is 2. The smallest absolute Gasteiger partial charge is 0.263 e. The van der Waals surface area contributed by atoms with E-state index in [1.165, 1.54) is 25.1 Å². The van der Waals surface area contributed by atoms with Gasteiger partial charge in [0.2, 0.25) is 0 Å². The molecule has 1 aromatic heterocycles. The maximum absolute atomic E-state index is 13.3. The van der Waals surface area contributed by atoms with E-state index in [0.717, 1.165) is 43.5 Å². The number of rotatable bonds is 5. The third kappa shape index (κ3) is 4.90. The molecule has 1 atom stereocenters. The van der Waals surface area contributed by atoms with Gasteiger partial charge in [-0.1, -0.05) is 6.42 Å². The Hall–Kier alpha value is -1.87. The predicted molar refractivity (Wildman–Crippen MR) is 105 cm³/mol. The molecular formula is C18H21F2N3O2S2. The molecule has 1 saturated heterocycles. The van der Waals surface area contributed by atoms with Crippen LogP contribution in [0.5, 0.6) is 0 Å². The number of hydrogen-bond acceptors (Lipinski definition) is 5. The zero-order chi connectivity index (χ0) is 19.4. The standard InChI is InChI=1S/C18H21F2N3O2S2/c1-26-14-4-2-3-9-23(12-14)18-8-6-15(11-21-18)27(24,25)22-13-5-7-16(19)17(20)10-13/h5-8,10-11,14,22H,2-4,9,12H2,1H3. The summed E-state index contributed by atoms with van der Waals surface area (Å²) in [4.78, 5) is 6.45. The highest BCUT2D eigenvalue weighted by Gasteiger charge is 2.20. The molecule has 5 nitrogen and oxygen atoms in total. The Morgan fingerprint density at radius 3 is 2.67 bits per heavy atom. The van der Waals surface area contributed by atoms with Crippen LogP contribution in [0.25, 0.3) is 0 Å². The molecule has 0 bridgehead atoms. The fourth-order valence-corrected chi connectivity index (χ4v) is 4.72. The highest BCUT2D eigenvalue weighted by atomic mass is 32.2. The highest BCUT2D eigenvalue weighted by molar-refractivity contribution is 7.99. The second-order valence-electron chi connectivity index (χ2n) is 6.39. The first-order valence-corrected chi connectivity index (χ1v) is 11.4. The van der Waals surface area contributed by atoms with Crippen molar-refractivity contribution in [2.75, 3.05) is 29.0 Å². The average molecular weight is 414 g/mol. The van der Waals surface area contributed by atoms with Gasteiger partial charge in [0.1, 0.15) is 10.7 Å². The van der Waals surface area contributed by atoms with Crippen molar-refractivity contribution >= 4 is 33.3 Å². The minimum atomic E-state index is -3.94. The summed E-state index contributed by atoms with van der Waals surface area (Å²) < 4.78 is 53.4. The van der Waals surface area contributed by atoms with Crippen molar-refractivity contribution in [2.45, 2.75) is 29.4 Å². The van der Waals surface area contributed by atoms with Gasteiger partial charge in [-0.15, -0.1) is 0 Å². The number of pyridine rings is 1. The quantitative estimate of drug-likeness (QED) is 0.806. The molecule has 0 saturated carbocycles. The van der Waals surface area contributed by atoms with Crippen LogP contribution in [0.3, 0.4) is 0 Å². The Kier molecular flexibility index (Phi) is 6.21. The van der Waals surface area contributed by atoms with Gasteiger partial charge in [0, 0.05) is 30.6 Å². The van der Waals surface area contributed by atoms with E-state index in [0.29, 0.717) is 5.25 Å². The Bertz CT molecular complexity index is 892. The number of sulfonamides is 1. The molecule has 1 aliphatic heterocycles. The van der Waals surface area contributed by atoms with Gasteiger partial charge in [0.05, 0.1) is 5.69 Å². The van der Waals surface area contributed by atoms with E-state index in [4.69, 9.17) is 0 Å². The van der Waals surface area contributed by atoms with Gasteiger partial charge in [-0.05, 0) is 43.4 Å². The fourth-order valence-electron chi connectivity index (χ4n) is 3.00. The number of nitrogens with one attached hydrogen (secondary N) is 1. The van der Waals surface area contributed by atoms with Crippen molar-refractivity contribution in [3.05, 3.63) is 48.2 Å². The van der Waals surface area contributed by atoms with Crippen molar-refractivity contribution in [1.29, 1.82) is 0 Å². The maximum Gasteiger partial charge on any atom is 0.263 e. The van der Waals surface area contributed by atoms with Crippen LogP contribution in [0, 0.1) is 11.6 Å². The molecule has 1 N–H and O–H groups in total. The Morgan fingerprint density at radius 2 is 2.00 bits per heavy atom. The van der Waals surface area contributed by atoms with Crippen molar-refractivity contribution < 1.29 is 17.2 Å². The molecule has 9 heteroatoms. The predicted octanol–water partition coefficient (Wildman–Crippen LogP) is 3.88. The maximum atomic E-state index is 13.3. The van der Waals surface area contributed by atoms with Crippen LogP contribution < -0.4 is 9.62 Å². The average Bonchev–Trinajstić information content (AvgIpc) is 2.90. The van der Waals surface area contributed by atoms with Gasteiger partial charge in [0.25, 0.3) is 10.0 Å². The van der Waals surface area contributed by atoms with E-state index >= 15 is 0 Å². The minimum Gasteiger partial charge on any atom is -0.356 e. The Balaban J connectivity index is 1.76. The normalized spacial score (nSPS) is 18.2. The van der Waals surface area contributed by atoms with Crippen molar-refractivity contribution in [1.82, 2.24) is 4.98 Å². The molecule has 1 aromatic carbocycles. The van der Waals surface area contributed by atoms with Crippen LogP contribution in [0.2, 0.25) is 0 Å². The van der Waals surface area contributed by atoms with Gasteiger partial charge in [-0.2, -0.15) is 11.8 Å². The van der Waals surface area contributed by atoms with Crippen molar-refractivity contribution in [2.24, 2.45) is 0 Å². The number of aromatic nitrogens is 1. The number of anilines is 2. The lowest BCUT2D eigenvalue weighted by Gasteiger charge is -2.24. The molecule has 3 rings (SSSR count). The first-order chi connectivity index (χ1) is 12.9. The molecular weight excluding hydrogens is 392 g/mol. The lowest BCUT2D eigenvalue weighted by atomic mass is 10.2. The largest absolute Gasteiger partial charge is 0.356 e.